The van der Waals surface area contributed by atoms with E-state index in [1.807, 2.05) is 0 Å². The highest BCUT2D eigenvalue weighted by Gasteiger charge is 2.17. The molecule has 1 N–H and O–H groups in total. The average molecular weight is 220 g/mol. The highest BCUT2D eigenvalue weighted by atomic mass is 19.3. The van der Waals surface area contributed by atoms with Crippen molar-refractivity contribution in [1.29, 1.82) is 0 Å². The van der Waals surface area contributed by atoms with Gasteiger partial charge in [0.25, 0.3) is 0 Å². The van der Waals surface area contributed by atoms with E-state index in [1.54, 1.807) is 0 Å². The summed E-state index contributed by atoms with van der Waals surface area (Å²) >= 11 is 0. The minimum atomic E-state index is -3.07. The monoisotopic (exact) mass is 220 g/mol. The Kier molecular flexibility index (Phi) is 3.18. The molecule has 0 unspecified atom stereocenters. The lowest BCUT2D eigenvalue weighted by Crippen LogP contribution is -2.07. The van der Waals surface area contributed by atoms with Gasteiger partial charge in [0, 0.05) is 5.56 Å². The lowest BCUT2D eigenvalue weighted by atomic mass is 10.1. The summed E-state index contributed by atoms with van der Waals surface area (Å²) in [6.07, 6.45) is 0. The second-order valence-electron chi connectivity index (χ2n) is 2.73. The zero-order valence-electron chi connectivity index (χ0n) is 7.63. The number of alkyl halides is 2. The molecule has 0 aliphatic rings. The fourth-order valence-electron chi connectivity index (χ4n) is 1.06. The van der Waals surface area contributed by atoms with Gasteiger partial charge in [-0.05, 0) is 19.1 Å². The van der Waals surface area contributed by atoms with Crippen molar-refractivity contribution in [2.45, 2.75) is 13.5 Å². The molecule has 0 bridgehead atoms. The summed E-state index contributed by atoms with van der Waals surface area (Å²) in [7, 11) is 0. The Morgan fingerprint density at radius 3 is 2.53 bits per heavy atom. The first-order valence-corrected chi connectivity index (χ1v) is 3.90. The van der Waals surface area contributed by atoms with E-state index in [4.69, 9.17) is 5.11 Å². The minimum Gasteiger partial charge on any atom is -0.478 e. The maximum absolute atomic E-state index is 13.3. The predicted molar refractivity (Wildman–Crippen MR) is 44.7 cm³/mol. The molecule has 0 aliphatic carbocycles. The average Bonchev–Trinajstić information content (AvgIpc) is 2.12. The first kappa shape index (κ1) is 11.4. The highest BCUT2D eigenvalue weighted by molar-refractivity contribution is 5.88. The van der Waals surface area contributed by atoms with Gasteiger partial charge in [-0.15, -0.1) is 0 Å². The molecule has 0 saturated carbocycles. The molecule has 82 valence electrons. The van der Waals surface area contributed by atoms with Gasteiger partial charge in [0.05, 0.1) is 5.56 Å². The fourth-order valence-corrected chi connectivity index (χ4v) is 1.06. The molecular weight excluding hydrogens is 213 g/mol. The van der Waals surface area contributed by atoms with Crippen LogP contribution in [0.5, 0.6) is 5.75 Å². The second-order valence-corrected chi connectivity index (χ2v) is 2.73. The predicted octanol–water partition coefficient (Wildman–Crippen LogP) is 2.43. The summed E-state index contributed by atoms with van der Waals surface area (Å²) in [4.78, 5) is 10.5. The highest BCUT2D eigenvalue weighted by Crippen LogP contribution is 2.24. The molecule has 0 saturated heterocycles. The molecule has 0 amide bonds. The zero-order valence-corrected chi connectivity index (χ0v) is 7.63. The van der Waals surface area contributed by atoms with Gasteiger partial charge in [0.15, 0.2) is 0 Å². The molecule has 0 atom stereocenters. The first-order valence-electron chi connectivity index (χ1n) is 3.90. The van der Waals surface area contributed by atoms with Crippen LogP contribution in [-0.4, -0.2) is 17.7 Å². The van der Waals surface area contributed by atoms with Crippen LogP contribution in [0.25, 0.3) is 0 Å². The van der Waals surface area contributed by atoms with E-state index in [2.05, 4.69) is 4.74 Å². The second kappa shape index (κ2) is 4.20. The number of carboxylic acids is 1. The number of hydrogen-bond donors (Lipinski definition) is 1. The SMILES string of the molecule is Cc1c(OC(F)F)ccc(C(=O)O)c1F. The standard InChI is InChI=1S/C9H7F3O3/c1-4-6(15-9(11)12)3-2-5(7(4)10)8(13)14/h2-3,9H,1H3,(H,13,14). The van der Waals surface area contributed by atoms with Crippen LogP contribution in [0.2, 0.25) is 0 Å². The summed E-state index contributed by atoms with van der Waals surface area (Å²) in [6.45, 7) is -1.90. The van der Waals surface area contributed by atoms with Crippen molar-refractivity contribution >= 4 is 5.97 Å². The van der Waals surface area contributed by atoms with Gasteiger partial charge in [0.2, 0.25) is 0 Å². The number of hydrogen-bond acceptors (Lipinski definition) is 2. The van der Waals surface area contributed by atoms with Crippen LogP contribution < -0.4 is 4.74 Å². The molecule has 1 aromatic carbocycles. The van der Waals surface area contributed by atoms with E-state index in [0.29, 0.717) is 0 Å². The Labute approximate surface area is 83.1 Å². The van der Waals surface area contributed by atoms with Gasteiger partial charge >= 0.3 is 12.6 Å². The lowest BCUT2D eigenvalue weighted by Gasteiger charge is -2.09. The molecule has 0 aliphatic heterocycles. The number of benzene rings is 1. The molecule has 0 aromatic heterocycles. The third kappa shape index (κ3) is 2.39. The van der Waals surface area contributed by atoms with Crippen molar-refractivity contribution in [3.63, 3.8) is 0 Å². The molecule has 0 radical (unpaired) electrons. The summed E-state index contributed by atoms with van der Waals surface area (Å²) in [6, 6.07) is 1.87. The lowest BCUT2D eigenvalue weighted by molar-refractivity contribution is -0.0504. The van der Waals surface area contributed by atoms with Crippen LogP contribution in [0, 0.1) is 12.7 Å². The van der Waals surface area contributed by atoms with Crippen LogP contribution in [-0.2, 0) is 0 Å². The Morgan fingerprint density at radius 2 is 2.07 bits per heavy atom. The van der Waals surface area contributed by atoms with E-state index >= 15 is 0 Å². The van der Waals surface area contributed by atoms with Crippen LogP contribution in [0.15, 0.2) is 12.1 Å². The fraction of sp³-hybridized carbons (Fsp3) is 0.222. The van der Waals surface area contributed by atoms with Gasteiger partial charge in [0.1, 0.15) is 11.6 Å². The molecule has 3 nitrogen and oxygen atoms in total. The smallest absolute Gasteiger partial charge is 0.387 e. The zero-order chi connectivity index (χ0) is 11.6. The van der Waals surface area contributed by atoms with E-state index in [0.717, 1.165) is 12.1 Å². The molecular formula is C9H7F3O3. The van der Waals surface area contributed by atoms with Crippen LogP contribution >= 0.6 is 0 Å². The molecule has 0 spiro atoms. The maximum Gasteiger partial charge on any atom is 0.387 e. The largest absolute Gasteiger partial charge is 0.478 e. The van der Waals surface area contributed by atoms with E-state index < -0.39 is 24.0 Å². The number of carbonyl (C=O) groups is 1. The van der Waals surface area contributed by atoms with Crippen LogP contribution in [0.4, 0.5) is 13.2 Å². The summed E-state index contributed by atoms with van der Waals surface area (Å²) in [5.41, 5.74) is -0.829. The van der Waals surface area contributed by atoms with Crippen molar-refractivity contribution in [2.24, 2.45) is 0 Å². The molecule has 1 aromatic rings. The van der Waals surface area contributed by atoms with Crippen molar-refractivity contribution < 1.29 is 27.8 Å². The van der Waals surface area contributed by atoms with Gasteiger partial charge in [-0.2, -0.15) is 8.78 Å². The minimum absolute atomic E-state index is 0.254. The topological polar surface area (TPSA) is 46.5 Å². The normalized spacial score (nSPS) is 10.5. The summed E-state index contributed by atoms with van der Waals surface area (Å²) < 4.78 is 40.9. The number of rotatable bonds is 3. The molecule has 1 rings (SSSR count). The third-order valence-electron chi connectivity index (χ3n) is 1.78. The van der Waals surface area contributed by atoms with Gasteiger partial charge in [-0.3, -0.25) is 0 Å². The van der Waals surface area contributed by atoms with Gasteiger partial charge in [-0.25, -0.2) is 9.18 Å². The van der Waals surface area contributed by atoms with Crippen LogP contribution in [0.1, 0.15) is 15.9 Å². The first-order chi connectivity index (χ1) is 6.93. The third-order valence-corrected chi connectivity index (χ3v) is 1.78. The summed E-state index contributed by atoms with van der Waals surface area (Å²) in [5.74, 6) is -2.90. The summed E-state index contributed by atoms with van der Waals surface area (Å²) in [5, 5.41) is 8.53. The van der Waals surface area contributed by atoms with E-state index in [9.17, 15) is 18.0 Å². The molecule has 0 fully saturated rings. The number of aromatic carboxylic acids is 1. The Balaban J connectivity index is 3.15. The van der Waals surface area contributed by atoms with Crippen molar-refractivity contribution in [3.8, 4) is 5.75 Å². The molecule has 15 heavy (non-hydrogen) atoms. The maximum atomic E-state index is 13.3. The quantitative estimate of drug-likeness (QED) is 0.850. The van der Waals surface area contributed by atoms with E-state index in [-0.39, 0.29) is 11.3 Å². The Morgan fingerprint density at radius 1 is 1.47 bits per heavy atom. The van der Waals surface area contributed by atoms with E-state index in [1.165, 1.54) is 6.92 Å². The number of halogens is 3. The molecule has 6 heteroatoms. The van der Waals surface area contributed by atoms with Crippen molar-refractivity contribution in [1.82, 2.24) is 0 Å². The van der Waals surface area contributed by atoms with Crippen molar-refractivity contribution in [3.05, 3.63) is 29.1 Å². The number of ether oxygens (including phenoxy) is 1. The molecule has 0 heterocycles. The Bertz CT molecular complexity index is 390. The van der Waals surface area contributed by atoms with Gasteiger partial charge < -0.3 is 9.84 Å². The number of carboxylic acid groups (broad SMARTS) is 1. The van der Waals surface area contributed by atoms with Crippen molar-refractivity contribution in [2.75, 3.05) is 0 Å². The van der Waals surface area contributed by atoms with Gasteiger partial charge in [-0.1, -0.05) is 0 Å². The Hall–Kier alpha value is -1.72. The van der Waals surface area contributed by atoms with Crippen LogP contribution in [0.3, 0.4) is 0 Å².